The molecule has 0 radical (unpaired) electrons. The lowest BCUT2D eigenvalue weighted by Gasteiger charge is -2.11. The van der Waals surface area contributed by atoms with E-state index < -0.39 is 27.1 Å². The van der Waals surface area contributed by atoms with Crippen LogP contribution in [0.1, 0.15) is 11.1 Å². The second kappa shape index (κ2) is 7.45. The van der Waals surface area contributed by atoms with Crippen LogP contribution in [-0.4, -0.2) is 21.0 Å². The molecule has 10 heteroatoms. The Morgan fingerprint density at radius 1 is 1.00 bits per heavy atom. The minimum Gasteiger partial charge on any atom is -0.497 e. The van der Waals surface area contributed by atoms with Crippen molar-refractivity contribution in [3.8, 4) is 5.75 Å². The first-order valence-electron chi connectivity index (χ1n) is 6.99. The number of methoxy groups -OCH3 is 1. The number of alkyl halides is 3. The number of benzene rings is 2. The van der Waals surface area contributed by atoms with Crippen molar-refractivity contribution in [3.63, 3.8) is 0 Å². The number of halogens is 3. The monoisotopic (exact) mass is 385 g/mol. The van der Waals surface area contributed by atoms with Gasteiger partial charge in [0.15, 0.2) is 4.98 Å². The van der Waals surface area contributed by atoms with E-state index in [4.69, 9.17) is 4.74 Å². The van der Waals surface area contributed by atoms with Gasteiger partial charge in [-0.25, -0.2) is 0 Å². The van der Waals surface area contributed by atoms with Crippen LogP contribution in [0.2, 0.25) is 0 Å². The summed E-state index contributed by atoms with van der Waals surface area (Å²) in [6.07, 6.45) is 0. The zero-order valence-electron chi connectivity index (χ0n) is 13.3. The van der Waals surface area contributed by atoms with Crippen LogP contribution in [0.3, 0.4) is 0 Å². The van der Waals surface area contributed by atoms with Crippen molar-refractivity contribution in [2.45, 2.75) is 5.51 Å². The zero-order chi connectivity index (χ0) is 19.4. The van der Waals surface area contributed by atoms with E-state index in [1.165, 1.54) is 55.6 Å². The van der Waals surface area contributed by atoms with Gasteiger partial charge >= 0.3 is 21.3 Å². The molecular weight excluding hydrogens is 373 g/mol. The molecule has 0 unspecified atom stereocenters. The van der Waals surface area contributed by atoms with Crippen LogP contribution < -0.4 is 4.74 Å². The fourth-order valence-electron chi connectivity index (χ4n) is 1.95. The molecule has 0 heterocycles. The molecule has 0 atom stereocenters. The lowest BCUT2D eigenvalue weighted by atomic mass is 10.1. The van der Waals surface area contributed by atoms with Crippen molar-refractivity contribution in [3.05, 3.63) is 70.7 Å². The third-order valence-electron chi connectivity index (χ3n) is 3.19. The van der Waals surface area contributed by atoms with E-state index >= 15 is 0 Å². The number of rotatable bonds is 5. The predicted octanol–water partition coefficient (Wildman–Crippen LogP) is 4.24. The summed E-state index contributed by atoms with van der Waals surface area (Å²) in [5, 5.41) is 9.30. The standard InChI is InChI=1S/C16H12F3N2O4S/c1-24-13-9-7-12(8-10-13)15(25-26(22,23)16(17,18)19)14(21-20)11-5-3-2-4-6-11/h2-10H,1H3/q+1/b15-14+. The van der Waals surface area contributed by atoms with Crippen molar-refractivity contribution in [1.29, 1.82) is 5.39 Å². The van der Waals surface area contributed by atoms with Crippen LogP contribution in [0.5, 0.6) is 5.75 Å². The molecule has 0 aliphatic heterocycles. The number of hydrogen-bond acceptors (Lipinski definition) is 5. The maximum Gasteiger partial charge on any atom is 0.534 e. The smallest absolute Gasteiger partial charge is 0.497 e. The highest BCUT2D eigenvalue weighted by molar-refractivity contribution is 7.87. The van der Waals surface area contributed by atoms with Gasteiger partial charge in [-0.3, -0.25) is 0 Å². The summed E-state index contributed by atoms with van der Waals surface area (Å²) in [6, 6.07) is 12.8. The SMILES string of the molecule is COc1ccc(/C(OS(=O)(=O)C(F)(F)F)=C(\[N+]#N)c2ccccc2)cc1. The predicted molar refractivity (Wildman–Crippen MR) is 87.4 cm³/mol. The van der Waals surface area contributed by atoms with Gasteiger partial charge in [-0.05, 0) is 36.4 Å². The molecule has 0 amide bonds. The number of ether oxygens (including phenoxy) is 1. The molecule has 26 heavy (non-hydrogen) atoms. The van der Waals surface area contributed by atoms with Crippen LogP contribution >= 0.6 is 0 Å². The Morgan fingerprint density at radius 2 is 1.58 bits per heavy atom. The first-order chi connectivity index (χ1) is 12.2. The van der Waals surface area contributed by atoms with Gasteiger partial charge in [-0.1, -0.05) is 18.2 Å². The first kappa shape index (κ1) is 19.3. The van der Waals surface area contributed by atoms with E-state index in [-0.39, 0.29) is 11.1 Å². The molecule has 136 valence electrons. The topological polar surface area (TPSA) is 80.8 Å². The summed E-state index contributed by atoms with van der Waals surface area (Å²) in [5.74, 6) is -0.396. The third-order valence-corrected chi connectivity index (χ3v) is 4.14. The minimum atomic E-state index is -5.98. The Labute approximate surface area is 147 Å². The van der Waals surface area contributed by atoms with Crippen molar-refractivity contribution in [2.24, 2.45) is 0 Å². The second-order valence-electron chi connectivity index (χ2n) is 4.86. The molecule has 0 aliphatic rings. The molecule has 2 aromatic carbocycles. The Bertz CT molecular complexity index is 948. The Balaban J connectivity index is 2.69. The average molecular weight is 385 g/mol. The van der Waals surface area contributed by atoms with Crippen molar-refractivity contribution in [1.82, 2.24) is 0 Å². The normalized spacial score (nSPS) is 12.7. The molecule has 0 saturated carbocycles. The van der Waals surface area contributed by atoms with E-state index in [0.29, 0.717) is 5.75 Å². The molecular formula is C16H12F3N2O4S+. The Morgan fingerprint density at radius 3 is 2.04 bits per heavy atom. The number of hydrogen-bond donors (Lipinski definition) is 0. The van der Waals surface area contributed by atoms with Gasteiger partial charge in [-0.15, -0.1) is 0 Å². The summed E-state index contributed by atoms with van der Waals surface area (Å²) >= 11 is 0. The fraction of sp³-hybridized carbons (Fsp3) is 0.125. The third kappa shape index (κ3) is 4.12. The van der Waals surface area contributed by atoms with Crippen LogP contribution in [-0.2, 0) is 14.3 Å². The second-order valence-corrected chi connectivity index (χ2v) is 6.39. The van der Waals surface area contributed by atoms with Gasteiger partial charge in [0.1, 0.15) is 5.75 Å². The largest absolute Gasteiger partial charge is 0.534 e. The van der Waals surface area contributed by atoms with Crippen LogP contribution in [0.4, 0.5) is 13.2 Å². The zero-order valence-corrected chi connectivity index (χ0v) is 14.1. The number of nitrogens with zero attached hydrogens (tertiary/aromatic N) is 2. The van der Waals surface area contributed by atoms with Crippen LogP contribution in [0.15, 0.2) is 54.6 Å². The summed E-state index contributed by atoms with van der Waals surface area (Å²) in [4.78, 5) is 2.94. The maximum atomic E-state index is 12.7. The lowest BCUT2D eigenvalue weighted by Crippen LogP contribution is -2.25. The summed E-state index contributed by atoms with van der Waals surface area (Å²) in [5.41, 5.74) is -6.04. The van der Waals surface area contributed by atoms with Crippen molar-refractivity contribution in [2.75, 3.05) is 7.11 Å². The van der Waals surface area contributed by atoms with E-state index in [9.17, 15) is 27.0 Å². The number of diazo groups is 1. The first-order valence-corrected chi connectivity index (χ1v) is 8.40. The molecule has 2 aromatic rings. The molecule has 0 aliphatic carbocycles. The highest BCUT2D eigenvalue weighted by Crippen LogP contribution is 2.35. The Hall–Kier alpha value is -3.06. The van der Waals surface area contributed by atoms with E-state index in [2.05, 4.69) is 9.16 Å². The van der Waals surface area contributed by atoms with Gasteiger partial charge in [0.05, 0.1) is 12.7 Å². The van der Waals surface area contributed by atoms with E-state index in [0.717, 1.165) is 0 Å². The molecule has 0 aromatic heterocycles. The average Bonchev–Trinajstić information content (AvgIpc) is 2.61. The van der Waals surface area contributed by atoms with Gasteiger partial charge in [-0.2, -0.15) is 21.6 Å². The molecule has 0 bridgehead atoms. The van der Waals surface area contributed by atoms with E-state index in [1.54, 1.807) is 6.07 Å². The summed E-state index contributed by atoms with van der Waals surface area (Å²) < 4.78 is 70.5. The van der Waals surface area contributed by atoms with Gasteiger partial charge in [0.25, 0.3) is 0 Å². The summed E-state index contributed by atoms with van der Waals surface area (Å²) in [6.45, 7) is 0. The molecule has 0 saturated heterocycles. The molecule has 0 N–H and O–H groups in total. The summed E-state index contributed by atoms with van der Waals surface area (Å²) in [7, 11) is -4.60. The molecule has 2 rings (SSSR count). The van der Waals surface area contributed by atoms with Crippen molar-refractivity contribution >= 4 is 21.6 Å². The van der Waals surface area contributed by atoms with Crippen LogP contribution in [0, 0.1) is 5.39 Å². The quantitative estimate of drug-likeness (QED) is 0.253. The van der Waals surface area contributed by atoms with E-state index in [1.807, 2.05) is 0 Å². The highest BCUT2D eigenvalue weighted by Gasteiger charge is 2.50. The molecule has 0 fully saturated rings. The van der Waals surface area contributed by atoms with Crippen LogP contribution in [0.25, 0.3) is 16.4 Å². The van der Waals surface area contributed by atoms with Gasteiger partial charge in [0, 0.05) is 5.56 Å². The van der Waals surface area contributed by atoms with Gasteiger partial charge < -0.3 is 8.92 Å². The Kier molecular flexibility index (Phi) is 5.52. The molecule has 6 nitrogen and oxygen atoms in total. The highest BCUT2D eigenvalue weighted by atomic mass is 32.2. The maximum absolute atomic E-state index is 12.7. The van der Waals surface area contributed by atoms with Gasteiger partial charge in [0.2, 0.25) is 11.2 Å². The minimum absolute atomic E-state index is 0.0599. The molecule has 0 spiro atoms. The van der Waals surface area contributed by atoms with Crippen molar-refractivity contribution < 1.29 is 30.5 Å². The lowest BCUT2D eigenvalue weighted by molar-refractivity contribution is -0.0509. The fourth-order valence-corrected chi connectivity index (χ4v) is 2.44.